The number of methoxy groups -OCH3 is 1. The van der Waals surface area contributed by atoms with Gasteiger partial charge >= 0.3 is 6.18 Å². The molecule has 1 unspecified atom stereocenters. The Balaban J connectivity index is 3.20. The maximum Gasteiger partial charge on any atom is 0.417 e. The summed E-state index contributed by atoms with van der Waals surface area (Å²) < 4.78 is 61.1. The van der Waals surface area contributed by atoms with Crippen molar-refractivity contribution in [2.45, 2.75) is 57.7 Å². The molecule has 190 valence electrons. The number of hydrogen-bond acceptors (Lipinski definition) is 5. The molecule has 1 aromatic rings. The lowest BCUT2D eigenvalue weighted by Gasteiger charge is -2.38. The number of nitrogens with zero attached hydrogens (tertiary/aromatic N) is 2. The number of ether oxygens (including phenoxy) is 1. The molecule has 0 aromatic heterocycles. The van der Waals surface area contributed by atoms with Gasteiger partial charge in [0.05, 0.1) is 7.11 Å². The molecule has 0 fully saturated rings. The van der Waals surface area contributed by atoms with E-state index in [2.05, 4.69) is 11.6 Å². The number of hydrogen-bond donors (Lipinski definition) is 2. The topological polar surface area (TPSA) is 71.1 Å². The van der Waals surface area contributed by atoms with E-state index in [0.717, 1.165) is 18.7 Å². The minimum Gasteiger partial charge on any atom is -0.496 e. The van der Waals surface area contributed by atoms with Crippen molar-refractivity contribution in [3.8, 4) is 5.75 Å². The van der Waals surface area contributed by atoms with E-state index in [9.17, 15) is 22.7 Å². The molecule has 0 bridgehead atoms. The molecule has 5 nitrogen and oxygen atoms in total. The van der Waals surface area contributed by atoms with Gasteiger partial charge < -0.3 is 20.5 Å². The van der Waals surface area contributed by atoms with Gasteiger partial charge in [-0.25, -0.2) is 9.38 Å². The summed E-state index contributed by atoms with van der Waals surface area (Å²) in [4.78, 5) is 5.97. The van der Waals surface area contributed by atoms with Gasteiger partial charge in [0.2, 0.25) is 0 Å². The van der Waals surface area contributed by atoms with Crippen LogP contribution >= 0.6 is 0 Å². The first-order valence-corrected chi connectivity index (χ1v) is 10.8. The Kier molecular flexibility index (Phi) is 9.93. The highest BCUT2D eigenvalue weighted by Crippen LogP contribution is 2.45. The van der Waals surface area contributed by atoms with Crippen molar-refractivity contribution in [1.29, 1.82) is 0 Å². The number of nitrogens with two attached hydrogens (primary N) is 1. The first-order valence-electron chi connectivity index (χ1n) is 10.8. The monoisotopic (exact) mass is 485 g/mol. The molecule has 0 spiro atoms. The largest absolute Gasteiger partial charge is 0.496 e. The van der Waals surface area contributed by atoms with Gasteiger partial charge in [-0.2, -0.15) is 13.2 Å². The van der Waals surface area contributed by atoms with Crippen LogP contribution in [-0.2, 0) is 5.41 Å². The maximum absolute atomic E-state index is 14.0. The Morgan fingerprint density at radius 2 is 1.91 bits per heavy atom. The lowest BCUT2D eigenvalue weighted by Crippen LogP contribution is -2.50. The predicted molar refractivity (Wildman–Crippen MR) is 128 cm³/mol. The molecule has 3 N–H and O–H groups in total. The Hall–Kier alpha value is -2.81. The molecule has 0 amide bonds. The van der Waals surface area contributed by atoms with Gasteiger partial charge in [0.15, 0.2) is 5.60 Å². The highest BCUT2D eigenvalue weighted by molar-refractivity contribution is 5.73. The van der Waals surface area contributed by atoms with Crippen LogP contribution < -0.4 is 10.5 Å². The molecule has 0 aliphatic rings. The van der Waals surface area contributed by atoms with Crippen molar-refractivity contribution in [2.24, 2.45) is 10.7 Å². The van der Waals surface area contributed by atoms with E-state index in [4.69, 9.17) is 10.5 Å². The van der Waals surface area contributed by atoms with Gasteiger partial charge in [-0.05, 0) is 61.6 Å². The van der Waals surface area contributed by atoms with Crippen LogP contribution in [0, 0.1) is 5.82 Å². The Bertz CT molecular complexity index is 952. The van der Waals surface area contributed by atoms with Gasteiger partial charge in [0, 0.05) is 37.5 Å². The van der Waals surface area contributed by atoms with Crippen molar-refractivity contribution < 1.29 is 27.4 Å². The van der Waals surface area contributed by atoms with Crippen LogP contribution in [0.1, 0.15) is 46.1 Å². The lowest BCUT2D eigenvalue weighted by atomic mass is 9.73. The quantitative estimate of drug-likeness (QED) is 0.248. The second-order valence-electron chi connectivity index (χ2n) is 8.95. The summed E-state index contributed by atoms with van der Waals surface area (Å²) in [6.07, 6.45) is -2.19. The van der Waals surface area contributed by atoms with E-state index in [1.165, 1.54) is 39.3 Å². The third kappa shape index (κ3) is 7.90. The van der Waals surface area contributed by atoms with Crippen LogP contribution in [0.3, 0.4) is 0 Å². The highest BCUT2D eigenvalue weighted by Gasteiger charge is 2.56. The molecule has 0 aliphatic heterocycles. The van der Waals surface area contributed by atoms with E-state index in [1.54, 1.807) is 13.0 Å². The summed E-state index contributed by atoms with van der Waals surface area (Å²) in [5.74, 6) is 0.145. The fraction of sp³-hybridized carbons (Fsp3) is 0.480. The molecule has 1 rings (SSSR count). The van der Waals surface area contributed by atoms with Crippen LogP contribution in [0.5, 0.6) is 5.75 Å². The number of rotatable bonds is 11. The predicted octanol–water partition coefficient (Wildman–Crippen LogP) is 5.47. The molecular formula is C25H35F4N3O2. The number of alkyl halides is 3. The average Bonchev–Trinajstić information content (AvgIpc) is 2.71. The van der Waals surface area contributed by atoms with Gasteiger partial charge in [0.1, 0.15) is 17.4 Å². The smallest absolute Gasteiger partial charge is 0.417 e. The van der Waals surface area contributed by atoms with Crippen molar-refractivity contribution in [2.75, 3.05) is 20.7 Å². The maximum atomic E-state index is 14.0. The van der Waals surface area contributed by atoms with Crippen LogP contribution in [0.2, 0.25) is 0 Å². The summed E-state index contributed by atoms with van der Waals surface area (Å²) in [7, 11) is 3.17. The molecule has 0 radical (unpaired) electrons. The zero-order chi connectivity index (χ0) is 26.3. The second-order valence-corrected chi connectivity index (χ2v) is 8.95. The van der Waals surface area contributed by atoms with Gasteiger partial charge in [-0.1, -0.05) is 20.4 Å². The standard InChI is InChI=1S/C25H35F4N3O2/c1-8-32(6)18(3)31-12-11-17(2)13-20(30)15-24(33,25(27,28)29)16-23(4,5)21-14-19(26)9-10-22(21)34-7/h9-14,33H,3,8,15-16,30H2,1-2,4-7H3/b17-11+,20-13-,31-12-. The molecule has 0 heterocycles. The van der Waals surface area contributed by atoms with Crippen LogP contribution in [0.25, 0.3) is 0 Å². The van der Waals surface area contributed by atoms with Crippen molar-refractivity contribution >= 4 is 6.21 Å². The first-order chi connectivity index (χ1) is 15.6. The van der Waals surface area contributed by atoms with E-state index in [0.29, 0.717) is 11.4 Å². The summed E-state index contributed by atoms with van der Waals surface area (Å²) in [6, 6.07) is 3.62. The van der Waals surface area contributed by atoms with Gasteiger partial charge in [-0.15, -0.1) is 0 Å². The molecule has 1 atom stereocenters. The molecule has 9 heteroatoms. The fourth-order valence-electron chi connectivity index (χ4n) is 3.55. The molecule has 0 aliphatic carbocycles. The lowest BCUT2D eigenvalue weighted by molar-refractivity contribution is -0.266. The molecule has 0 saturated heterocycles. The number of allylic oxidation sites excluding steroid dienone is 3. The SMILES string of the molecule is C=C(\N=C/C=C(C)/C=C(\N)CC(O)(CC(C)(C)c1cc(F)ccc1OC)C(F)(F)F)N(C)CC. The Labute approximate surface area is 199 Å². The van der Waals surface area contributed by atoms with E-state index in [1.807, 2.05) is 18.9 Å². The zero-order valence-electron chi connectivity index (χ0n) is 20.6. The summed E-state index contributed by atoms with van der Waals surface area (Å²) in [6.45, 7) is 11.1. The van der Waals surface area contributed by atoms with E-state index in [-0.39, 0.29) is 17.0 Å². The minimum atomic E-state index is -4.98. The molecule has 34 heavy (non-hydrogen) atoms. The third-order valence-electron chi connectivity index (χ3n) is 5.54. The molecular weight excluding hydrogens is 450 g/mol. The van der Waals surface area contributed by atoms with E-state index >= 15 is 0 Å². The van der Waals surface area contributed by atoms with Crippen molar-refractivity contribution in [1.82, 2.24) is 4.90 Å². The van der Waals surface area contributed by atoms with Crippen molar-refractivity contribution in [3.63, 3.8) is 0 Å². The summed E-state index contributed by atoms with van der Waals surface area (Å²) in [5.41, 5.74) is 2.06. The number of benzene rings is 1. The zero-order valence-corrected chi connectivity index (χ0v) is 20.6. The molecule has 0 saturated carbocycles. The molecule has 1 aromatic carbocycles. The van der Waals surface area contributed by atoms with Crippen LogP contribution in [0.15, 0.2) is 59.0 Å². The average molecular weight is 486 g/mol. The summed E-state index contributed by atoms with van der Waals surface area (Å²) >= 11 is 0. The van der Waals surface area contributed by atoms with Gasteiger partial charge in [-0.3, -0.25) is 0 Å². The highest BCUT2D eigenvalue weighted by atomic mass is 19.4. The second kappa shape index (κ2) is 11.6. The normalized spacial score (nSPS) is 15.4. The van der Waals surface area contributed by atoms with E-state index < -0.39 is 35.9 Å². The number of aliphatic imine (C=N–C) groups is 1. The summed E-state index contributed by atoms with van der Waals surface area (Å²) in [5, 5.41) is 10.8. The fourth-order valence-corrected chi connectivity index (χ4v) is 3.55. The van der Waals surface area contributed by atoms with Crippen LogP contribution in [-0.4, -0.2) is 48.7 Å². The first kappa shape index (κ1) is 29.2. The minimum absolute atomic E-state index is 0.159. The third-order valence-corrected chi connectivity index (χ3v) is 5.54. The Morgan fingerprint density at radius 3 is 2.44 bits per heavy atom. The number of halogens is 4. The van der Waals surface area contributed by atoms with Crippen molar-refractivity contribution in [3.05, 3.63) is 65.4 Å². The van der Waals surface area contributed by atoms with Gasteiger partial charge in [0.25, 0.3) is 0 Å². The number of aliphatic hydroxyl groups is 1. The van der Waals surface area contributed by atoms with Crippen LogP contribution in [0.4, 0.5) is 17.6 Å². The Morgan fingerprint density at radius 1 is 1.29 bits per heavy atom.